The van der Waals surface area contributed by atoms with Crippen molar-refractivity contribution in [3.05, 3.63) is 76.3 Å². The van der Waals surface area contributed by atoms with Gasteiger partial charge in [0.25, 0.3) is 0 Å². The zero-order valence-corrected chi connectivity index (χ0v) is 14.8. The zero-order chi connectivity index (χ0) is 16.2. The quantitative estimate of drug-likeness (QED) is 0.666. The topological polar surface area (TPSA) is 68.0 Å². The summed E-state index contributed by atoms with van der Waals surface area (Å²) in [4.78, 5) is 17.5. The molecule has 0 saturated carbocycles. The van der Waals surface area contributed by atoms with Gasteiger partial charge < -0.3 is 11.1 Å². The van der Waals surface area contributed by atoms with Crippen molar-refractivity contribution in [3.63, 3.8) is 0 Å². The lowest BCUT2D eigenvalue weighted by atomic mass is 10.0. The minimum Gasteiger partial charge on any atom is -0.332 e. The second kappa shape index (κ2) is 8.06. The lowest BCUT2D eigenvalue weighted by Gasteiger charge is -2.04. The molecular weight excluding hydrogens is 342 g/mol. The Bertz CT molecular complexity index is 848. The summed E-state index contributed by atoms with van der Waals surface area (Å²) in [5.41, 5.74) is 9.29. The third-order valence-electron chi connectivity index (χ3n) is 3.53. The van der Waals surface area contributed by atoms with Crippen molar-refractivity contribution in [1.82, 2.24) is 4.98 Å². The van der Waals surface area contributed by atoms with Gasteiger partial charge >= 0.3 is 0 Å². The van der Waals surface area contributed by atoms with Crippen LogP contribution in [0.2, 0.25) is 0 Å². The van der Waals surface area contributed by atoms with Crippen LogP contribution >= 0.6 is 23.7 Å². The minimum absolute atomic E-state index is 0. The van der Waals surface area contributed by atoms with Gasteiger partial charge in [0, 0.05) is 17.8 Å². The molecule has 6 heteroatoms. The number of aryl methyl sites for hydroxylation is 1. The molecule has 1 aromatic heterocycles. The van der Waals surface area contributed by atoms with E-state index in [0.717, 1.165) is 16.8 Å². The molecule has 24 heavy (non-hydrogen) atoms. The molecule has 0 aliphatic rings. The van der Waals surface area contributed by atoms with Gasteiger partial charge in [-0.1, -0.05) is 47.7 Å². The van der Waals surface area contributed by atoms with Gasteiger partial charge in [0.05, 0.1) is 11.1 Å². The lowest BCUT2D eigenvalue weighted by molar-refractivity contribution is 0.104. The van der Waals surface area contributed by atoms with Crippen molar-refractivity contribution in [2.75, 3.05) is 5.32 Å². The zero-order valence-electron chi connectivity index (χ0n) is 13.2. The molecule has 124 valence electrons. The van der Waals surface area contributed by atoms with Gasteiger partial charge in [0.2, 0.25) is 5.78 Å². The van der Waals surface area contributed by atoms with E-state index < -0.39 is 0 Å². The largest absolute Gasteiger partial charge is 0.332 e. The van der Waals surface area contributed by atoms with E-state index in [9.17, 15) is 4.79 Å². The Kier molecular flexibility index (Phi) is 6.09. The number of hydrogen-bond donors (Lipinski definition) is 2. The maximum atomic E-state index is 12.6. The summed E-state index contributed by atoms with van der Waals surface area (Å²) in [5, 5.41) is 3.91. The van der Waals surface area contributed by atoms with Gasteiger partial charge in [-0.3, -0.25) is 4.79 Å². The number of carbonyl (C=O) groups is 1. The molecule has 3 N–H and O–H groups in total. The van der Waals surface area contributed by atoms with E-state index in [-0.39, 0.29) is 18.2 Å². The number of rotatable bonds is 5. The van der Waals surface area contributed by atoms with Crippen molar-refractivity contribution in [3.8, 4) is 0 Å². The molecule has 0 aliphatic carbocycles. The number of thiazole rings is 1. The van der Waals surface area contributed by atoms with Crippen molar-refractivity contribution in [1.29, 1.82) is 0 Å². The highest BCUT2D eigenvalue weighted by molar-refractivity contribution is 7.17. The fourth-order valence-corrected chi connectivity index (χ4v) is 3.09. The van der Waals surface area contributed by atoms with E-state index in [1.807, 2.05) is 55.5 Å². The van der Waals surface area contributed by atoms with E-state index in [2.05, 4.69) is 10.3 Å². The van der Waals surface area contributed by atoms with E-state index in [4.69, 9.17) is 5.73 Å². The number of hydrogen-bond acceptors (Lipinski definition) is 5. The first kappa shape index (κ1) is 18.1. The standard InChI is InChI=1S/C18H17N3OS.ClH/c1-12-5-2-3-8-15(12)17(22)16-11-20-18(23-16)21-14-7-4-6-13(9-14)10-19;/h2-9,11H,10,19H2,1H3,(H,20,21);1H. The van der Waals surface area contributed by atoms with Gasteiger partial charge in [-0.25, -0.2) is 4.98 Å². The average Bonchev–Trinajstić information content (AvgIpc) is 3.03. The molecule has 0 aliphatic heterocycles. The van der Waals surface area contributed by atoms with Gasteiger partial charge in [-0.15, -0.1) is 12.4 Å². The molecular formula is C18H18ClN3OS. The predicted octanol–water partition coefficient (Wildman–Crippen LogP) is 4.31. The van der Waals surface area contributed by atoms with Crippen LogP contribution in [-0.2, 0) is 6.54 Å². The predicted molar refractivity (Wildman–Crippen MR) is 102 cm³/mol. The van der Waals surface area contributed by atoms with E-state index in [1.165, 1.54) is 11.3 Å². The number of nitrogens with two attached hydrogens (primary N) is 1. The Balaban J connectivity index is 0.00000208. The molecule has 0 fully saturated rings. The highest BCUT2D eigenvalue weighted by Gasteiger charge is 2.14. The van der Waals surface area contributed by atoms with Crippen LogP contribution in [0.4, 0.5) is 10.8 Å². The Morgan fingerprint density at radius 3 is 2.75 bits per heavy atom. The van der Waals surface area contributed by atoms with Crippen LogP contribution in [-0.4, -0.2) is 10.8 Å². The molecule has 0 unspecified atom stereocenters. The number of halogens is 1. The SMILES string of the molecule is Cc1ccccc1C(=O)c1cnc(Nc2cccc(CN)c2)s1.Cl. The summed E-state index contributed by atoms with van der Waals surface area (Å²) in [6.45, 7) is 2.43. The molecule has 3 aromatic rings. The van der Waals surface area contributed by atoms with Crippen LogP contribution in [0.25, 0.3) is 0 Å². The summed E-state index contributed by atoms with van der Waals surface area (Å²) < 4.78 is 0. The van der Waals surface area contributed by atoms with Gasteiger partial charge in [0.15, 0.2) is 5.13 Å². The maximum Gasteiger partial charge on any atom is 0.204 e. The second-order valence-electron chi connectivity index (χ2n) is 5.20. The number of ketones is 1. The van der Waals surface area contributed by atoms with Crippen LogP contribution in [0, 0.1) is 6.92 Å². The first-order valence-electron chi connectivity index (χ1n) is 7.29. The number of carbonyl (C=O) groups excluding carboxylic acids is 1. The highest BCUT2D eigenvalue weighted by atomic mass is 35.5. The highest BCUT2D eigenvalue weighted by Crippen LogP contribution is 2.25. The molecule has 2 aromatic carbocycles. The number of aromatic nitrogens is 1. The second-order valence-corrected chi connectivity index (χ2v) is 6.23. The van der Waals surface area contributed by atoms with Crippen molar-refractivity contribution < 1.29 is 4.79 Å². The maximum absolute atomic E-state index is 12.6. The number of nitrogens with one attached hydrogen (secondary N) is 1. The van der Waals surface area contributed by atoms with Crippen molar-refractivity contribution in [2.24, 2.45) is 5.73 Å². The molecule has 1 heterocycles. The van der Waals surface area contributed by atoms with Crippen LogP contribution in [0.1, 0.15) is 26.4 Å². The number of anilines is 2. The molecule has 4 nitrogen and oxygen atoms in total. The molecule has 0 bridgehead atoms. The van der Waals surface area contributed by atoms with Crippen LogP contribution in [0.5, 0.6) is 0 Å². The van der Waals surface area contributed by atoms with Crippen LogP contribution in [0.3, 0.4) is 0 Å². The normalized spacial score (nSPS) is 10.1. The molecule has 0 amide bonds. The van der Waals surface area contributed by atoms with Crippen LogP contribution in [0.15, 0.2) is 54.7 Å². The molecule has 0 radical (unpaired) electrons. The summed E-state index contributed by atoms with van der Waals surface area (Å²) in [7, 11) is 0. The summed E-state index contributed by atoms with van der Waals surface area (Å²) in [6.07, 6.45) is 1.62. The third kappa shape index (κ3) is 4.00. The Morgan fingerprint density at radius 1 is 1.21 bits per heavy atom. The fraction of sp³-hybridized carbons (Fsp3) is 0.111. The van der Waals surface area contributed by atoms with Gasteiger partial charge in [-0.2, -0.15) is 0 Å². The minimum atomic E-state index is 0. The summed E-state index contributed by atoms with van der Waals surface area (Å²) in [5.74, 6) is 0.00404. The van der Waals surface area contributed by atoms with E-state index in [0.29, 0.717) is 22.1 Å². The fourth-order valence-electron chi connectivity index (χ4n) is 2.30. The Labute approximate surface area is 151 Å². The first-order valence-corrected chi connectivity index (χ1v) is 8.11. The Morgan fingerprint density at radius 2 is 2.00 bits per heavy atom. The van der Waals surface area contributed by atoms with Crippen molar-refractivity contribution >= 4 is 40.3 Å². The smallest absolute Gasteiger partial charge is 0.204 e. The lowest BCUT2D eigenvalue weighted by Crippen LogP contribution is -2.00. The average molecular weight is 360 g/mol. The number of nitrogens with zero attached hydrogens (tertiary/aromatic N) is 1. The monoisotopic (exact) mass is 359 g/mol. The molecule has 3 rings (SSSR count). The van der Waals surface area contributed by atoms with Gasteiger partial charge in [0.1, 0.15) is 0 Å². The third-order valence-corrected chi connectivity index (χ3v) is 4.44. The van der Waals surface area contributed by atoms with Gasteiger partial charge in [-0.05, 0) is 30.2 Å². The molecule has 0 spiro atoms. The van der Waals surface area contributed by atoms with Crippen molar-refractivity contribution in [2.45, 2.75) is 13.5 Å². The first-order chi connectivity index (χ1) is 11.2. The number of benzene rings is 2. The Hall–Kier alpha value is -2.21. The van der Waals surface area contributed by atoms with E-state index >= 15 is 0 Å². The van der Waals surface area contributed by atoms with Crippen LogP contribution < -0.4 is 11.1 Å². The molecule has 0 saturated heterocycles. The molecule has 0 atom stereocenters. The summed E-state index contributed by atoms with van der Waals surface area (Å²) >= 11 is 1.35. The summed E-state index contributed by atoms with van der Waals surface area (Å²) in [6, 6.07) is 15.4. The van der Waals surface area contributed by atoms with E-state index in [1.54, 1.807) is 6.20 Å².